The van der Waals surface area contributed by atoms with E-state index in [2.05, 4.69) is 10.3 Å². The number of methoxy groups -OCH3 is 2. The highest BCUT2D eigenvalue weighted by Gasteiger charge is 2.37. The molecule has 204 valence electrons. The standard InChI is InChI=1S/C26H27N5O8/c1-38-22-8-7-16(11-23(22)39-2)26(35)30-14-21-18(12-20(30)25(34)27-10-9-24(32)33)28-15-29(21)13-17-5-3-4-6-19(17)31(36)37/h3-8,11,15,20H,9-10,12-14H2,1-2H3,(H,27,34)(H,32,33). The lowest BCUT2D eigenvalue weighted by molar-refractivity contribution is -0.385. The number of fused-ring (bicyclic) bond motifs is 1. The molecule has 2 amide bonds. The quantitative estimate of drug-likeness (QED) is 0.290. The van der Waals surface area contributed by atoms with Gasteiger partial charge in [-0.1, -0.05) is 18.2 Å². The number of nitrogens with one attached hydrogen (secondary N) is 1. The largest absolute Gasteiger partial charge is 0.493 e. The van der Waals surface area contributed by atoms with Gasteiger partial charge in [0.1, 0.15) is 6.04 Å². The summed E-state index contributed by atoms with van der Waals surface area (Å²) in [5, 5.41) is 23.0. The molecule has 0 radical (unpaired) electrons. The molecule has 13 heteroatoms. The molecule has 1 aliphatic heterocycles. The van der Waals surface area contributed by atoms with E-state index < -0.39 is 28.7 Å². The van der Waals surface area contributed by atoms with Crippen LogP contribution in [0.2, 0.25) is 0 Å². The van der Waals surface area contributed by atoms with Crippen LogP contribution in [0, 0.1) is 10.1 Å². The zero-order valence-corrected chi connectivity index (χ0v) is 21.3. The fourth-order valence-electron chi connectivity index (χ4n) is 4.50. The number of carbonyl (C=O) groups is 3. The molecular weight excluding hydrogens is 510 g/mol. The molecule has 39 heavy (non-hydrogen) atoms. The van der Waals surface area contributed by atoms with Crippen molar-refractivity contribution in [3.63, 3.8) is 0 Å². The lowest BCUT2D eigenvalue weighted by Crippen LogP contribution is -2.53. The Balaban J connectivity index is 1.68. The van der Waals surface area contributed by atoms with Crippen molar-refractivity contribution < 1.29 is 33.9 Å². The number of aromatic nitrogens is 2. The number of nitrogens with zero attached hydrogens (tertiary/aromatic N) is 4. The van der Waals surface area contributed by atoms with Crippen LogP contribution in [0.3, 0.4) is 0 Å². The number of carbonyl (C=O) groups excluding carboxylic acids is 2. The fraction of sp³-hybridized carbons (Fsp3) is 0.308. The molecule has 1 atom stereocenters. The molecule has 0 bridgehead atoms. The SMILES string of the molecule is COc1ccc(C(=O)N2Cc3c(ncn3Cc3ccccc3[N+](=O)[O-])CC2C(=O)NCCC(=O)O)cc1OC. The van der Waals surface area contributed by atoms with Gasteiger partial charge in [0.15, 0.2) is 11.5 Å². The van der Waals surface area contributed by atoms with Gasteiger partial charge >= 0.3 is 5.97 Å². The van der Waals surface area contributed by atoms with E-state index in [1.807, 2.05) is 0 Å². The summed E-state index contributed by atoms with van der Waals surface area (Å²) in [5.41, 5.74) is 1.89. The first-order valence-electron chi connectivity index (χ1n) is 12.0. The Kier molecular flexibility index (Phi) is 8.08. The Hall–Kier alpha value is -4.94. The maximum absolute atomic E-state index is 13.7. The first kappa shape index (κ1) is 27.1. The third-order valence-electron chi connectivity index (χ3n) is 6.48. The number of hydrogen-bond donors (Lipinski definition) is 2. The molecule has 2 heterocycles. The molecule has 3 aromatic rings. The number of ether oxygens (including phenoxy) is 2. The third kappa shape index (κ3) is 5.81. The summed E-state index contributed by atoms with van der Waals surface area (Å²) in [4.78, 5) is 54.7. The van der Waals surface area contributed by atoms with E-state index in [4.69, 9.17) is 14.6 Å². The van der Waals surface area contributed by atoms with Gasteiger partial charge in [-0.3, -0.25) is 24.5 Å². The molecule has 0 saturated heterocycles. The lowest BCUT2D eigenvalue weighted by atomic mass is 9.99. The van der Waals surface area contributed by atoms with Crippen LogP contribution in [0.4, 0.5) is 5.69 Å². The molecule has 13 nitrogen and oxygen atoms in total. The van der Waals surface area contributed by atoms with Crippen LogP contribution < -0.4 is 14.8 Å². The van der Waals surface area contributed by atoms with E-state index in [0.29, 0.717) is 28.5 Å². The highest BCUT2D eigenvalue weighted by Crippen LogP contribution is 2.31. The summed E-state index contributed by atoms with van der Waals surface area (Å²) in [5.74, 6) is -1.26. The molecular formula is C26H27N5O8. The Labute approximate surface area is 223 Å². The van der Waals surface area contributed by atoms with Gasteiger partial charge in [-0.05, 0) is 18.2 Å². The number of aliphatic carboxylic acids is 1. The molecule has 0 saturated carbocycles. The summed E-state index contributed by atoms with van der Waals surface area (Å²) in [7, 11) is 2.92. The smallest absolute Gasteiger partial charge is 0.305 e. The lowest BCUT2D eigenvalue weighted by Gasteiger charge is -2.35. The number of para-hydroxylation sites is 1. The molecule has 2 aromatic carbocycles. The molecule has 4 rings (SSSR count). The van der Waals surface area contributed by atoms with Crippen LogP contribution in [-0.2, 0) is 29.1 Å². The van der Waals surface area contributed by atoms with Crippen LogP contribution in [-0.4, -0.2) is 69.1 Å². The number of carboxylic acids is 1. The van der Waals surface area contributed by atoms with E-state index in [0.717, 1.165) is 0 Å². The van der Waals surface area contributed by atoms with E-state index in [1.54, 1.807) is 34.9 Å². The van der Waals surface area contributed by atoms with Crippen molar-refractivity contribution >= 4 is 23.5 Å². The Morgan fingerprint density at radius 3 is 2.59 bits per heavy atom. The molecule has 2 N–H and O–H groups in total. The Bertz CT molecular complexity index is 1420. The topological polar surface area (TPSA) is 166 Å². The van der Waals surface area contributed by atoms with Gasteiger partial charge < -0.3 is 29.4 Å². The van der Waals surface area contributed by atoms with Crippen molar-refractivity contribution in [1.82, 2.24) is 19.8 Å². The average molecular weight is 538 g/mol. The van der Waals surface area contributed by atoms with Gasteiger partial charge in [-0.2, -0.15) is 0 Å². The summed E-state index contributed by atoms with van der Waals surface area (Å²) < 4.78 is 12.3. The van der Waals surface area contributed by atoms with E-state index in [-0.39, 0.29) is 43.7 Å². The fourth-order valence-corrected chi connectivity index (χ4v) is 4.50. The van der Waals surface area contributed by atoms with Gasteiger partial charge in [0, 0.05) is 30.2 Å². The number of benzene rings is 2. The molecule has 1 unspecified atom stereocenters. The summed E-state index contributed by atoms with van der Waals surface area (Å²) in [6.45, 7) is 0.0511. The zero-order chi connectivity index (χ0) is 28.1. The predicted octanol–water partition coefficient (Wildman–Crippen LogP) is 2.01. The van der Waals surface area contributed by atoms with Gasteiger partial charge in [0.2, 0.25) is 5.91 Å². The van der Waals surface area contributed by atoms with Gasteiger partial charge in [0.25, 0.3) is 11.6 Å². The van der Waals surface area contributed by atoms with Gasteiger partial charge in [-0.15, -0.1) is 0 Å². The van der Waals surface area contributed by atoms with E-state index in [1.165, 1.54) is 37.6 Å². The molecule has 1 aromatic heterocycles. The second-order valence-corrected chi connectivity index (χ2v) is 8.81. The van der Waals surface area contributed by atoms with Crippen molar-refractivity contribution in [3.05, 3.63) is 81.4 Å². The van der Waals surface area contributed by atoms with Crippen LogP contribution in [0.5, 0.6) is 11.5 Å². The highest BCUT2D eigenvalue weighted by atomic mass is 16.6. The molecule has 0 spiro atoms. The number of rotatable bonds is 10. The minimum absolute atomic E-state index is 0.000158. The van der Waals surface area contributed by atoms with E-state index in [9.17, 15) is 24.5 Å². The summed E-state index contributed by atoms with van der Waals surface area (Å²) >= 11 is 0. The first-order valence-corrected chi connectivity index (χ1v) is 12.0. The van der Waals surface area contributed by atoms with Gasteiger partial charge in [0.05, 0.1) is 56.4 Å². The average Bonchev–Trinajstić information content (AvgIpc) is 3.32. The number of nitro benzene ring substituents is 1. The van der Waals surface area contributed by atoms with Crippen molar-refractivity contribution in [2.45, 2.75) is 32.0 Å². The second kappa shape index (κ2) is 11.6. The predicted molar refractivity (Wildman–Crippen MR) is 137 cm³/mol. The Morgan fingerprint density at radius 1 is 1.15 bits per heavy atom. The van der Waals surface area contributed by atoms with Crippen LogP contribution in [0.25, 0.3) is 0 Å². The number of nitro groups is 1. The number of amides is 2. The second-order valence-electron chi connectivity index (χ2n) is 8.81. The Morgan fingerprint density at radius 2 is 1.90 bits per heavy atom. The van der Waals surface area contributed by atoms with Gasteiger partial charge in [-0.25, -0.2) is 4.98 Å². The van der Waals surface area contributed by atoms with Crippen molar-refractivity contribution in [2.24, 2.45) is 0 Å². The maximum Gasteiger partial charge on any atom is 0.305 e. The van der Waals surface area contributed by atoms with E-state index >= 15 is 0 Å². The number of carboxylic acid groups (broad SMARTS) is 1. The summed E-state index contributed by atoms with van der Waals surface area (Å²) in [6.07, 6.45) is 1.35. The summed E-state index contributed by atoms with van der Waals surface area (Å²) in [6, 6.07) is 10.1. The number of hydrogen-bond acceptors (Lipinski definition) is 8. The maximum atomic E-state index is 13.7. The van der Waals surface area contributed by atoms with Crippen LogP contribution in [0.1, 0.15) is 33.7 Å². The normalized spacial score (nSPS) is 14.3. The minimum atomic E-state index is -1.06. The highest BCUT2D eigenvalue weighted by molar-refractivity contribution is 5.98. The van der Waals surface area contributed by atoms with Crippen molar-refractivity contribution in [1.29, 1.82) is 0 Å². The molecule has 0 aliphatic carbocycles. The first-order chi connectivity index (χ1) is 18.7. The third-order valence-corrected chi connectivity index (χ3v) is 6.48. The van der Waals surface area contributed by atoms with Crippen molar-refractivity contribution in [2.75, 3.05) is 20.8 Å². The van der Waals surface area contributed by atoms with Crippen molar-refractivity contribution in [3.8, 4) is 11.5 Å². The monoisotopic (exact) mass is 537 g/mol. The zero-order valence-electron chi connectivity index (χ0n) is 21.3. The minimum Gasteiger partial charge on any atom is -0.493 e. The molecule has 1 aliphatic rings. The number of imidazole rings is 1. The molecule has 0 fully saturated rings. The van der Waals surface area contributed by atoms with Crippen LogP contribution >= 0.6 is 0 Å². The van der Waals surface area contributed by atoms with Crippen LogP contribution in [0.15, 0.2) is 48.8 Å².